The second kappa shape index (κ2) is 8.84. The first-order valence-corrected chi connectivity index (χ1v) is 12.6. The Bertz CT molecular complexity index is 1110. The quantitative estimate of drug-likeness (QED) is 0.612. The first kappa shape index (κ1) is 23.1. The molecule has 4 atom stereocenters. The lowest BCUT2D eigenvalue weighted by Crippen LogP contribution is -2.44. The van der Waals surface area contributed by atoms with Crippen LogP contribution in [0.15, 0.2) is 12.4 Å². The number of anilines is 1. The van der Waals surface area contributed by atoms with E-state index in [1.165, 1.54) is 18.4 Å². The van der Waals surface area contributed by atoms with Gasteiger partial charge in [0.2, 0.25) is 0 Å². The number of fused-ring (bicyclic) bond motifs is 1. The lowest BCUT2D eigenvalue weighted by atomic mass is 9.91. The molecule has 182 valence electrons. The Labute approximate surface area is 201 Å². The van der Waals surface area contributed by atoms with E-state index in [1.807, 2.05) is 25.3 Å². The van der Waals surface area contributed by atoms with Crippen molar-refractivity contribution in [2.24, 2.45) is 11.8 Å². The molecule has 0 amide bonds. The molecule has 2 saturated heterocycles. The summed E-state index contributed by atoms with van der Waals surface area (Å²) in [5.41, 5.74) is 2.90. The highest BCUT2D eigenvalue weighted by Gasteiger charge is 2.37. The zero-order chi connectivity index (χ0) is 24.0. The molecule has 0 N–H and O–H groups in total. The van der Waals surface area contributed by atoms with Crippen LogP contribution in [0.25, 0.3) is 5.52 Å². The Morgan fingerprint density at radius 3 is 2.71 bits per heavy atom. The molecule has 1 saturated carbocycles. The number of hydrogen-bond acceptors (Lipinski definition) is 7. The number of aromatic nitrogens is 3. The molecule has 3 fully saturated rings. The Morgan fingerprint density at radius 1 is 1.24 bits per heavy atom. The van der Waals surface area contributed by atoms with Gasteiger partial charge in [-0.05, 0) is 83.8 Å². The average Bonchev–Trinajstić information content (AvgIpc) is 3.57. The predicted molar refractivity (Wildman–Crippen MR) is 127 cm³/mol. The number of carbonyl (C=O) groups is 1. The van der Waals surface area contributed by atoms with Gasteiger partial charge in [0.1, 0.15) is 23.5 Å². The first-order valence-electron chi connectivity index (χ1n) is 12.6. The lowest BCUT2D eigenvalue weighted by molar-refractivity contribution is -0.161. The summed E-state index contributed by atoms with van der Waals surface area (Å²) in [4.78, 5) is 19.8. The molecule has 1 aliphatic carbocycles. The van der Waals surface area contributed by atoms with Crippen molar-refractivity contribution in [1.29, 1.82) is 5.26 Å². The zero-order valence-corrected chi connectivity index (χ0v) is 20.7. The molecule has 0 bridgehead atoms. The molecule has 0 spiro atoms. The van der Waals surface area contributed by atoms with Crippen molar-refractivity contribution in [2.75, 3.05) is 18.1 Å². The molecule has 5 rings (SSSR count). The van der Waals surface area contributed by atoms with Crippen molar-refractivity contribution >= 4 is 17.3 Å². The maximum Gasteiger partial charge on any atom is 0.309 e. The van der Waals surface area contributed by atoms with Crippen LogP contribution in [0, 0.1) is 23.2 Å². The van der Waals surface area contributed by atoms with E-state index >= 15 is 0 Å². The molecule has 3 aliphatic rings. The highest BCUT2D eigenvalue weighted by atomic mass is 16.6. The van der Waals surface area contributed by atoms with Crippen molar-refractivity contribution in [3.05, 3.63) is 23.7 Å². The van der Waals surface area contributed by atoms with E-state index in [2.05, 4.69) is 29.1 Å². The molecule has 4 heterocycles. The van der Waals surface area contributed by atoms with Crippen LogP contribution in [-0.2, 0) is 14.3 Å². The predicted octanol–water partition coefficient (Wildman–Crippen LogP) is 4.54. The fourth-order valence-electron chi connectivity index (χ4n) is 5.43. The third kappa shape index (κ3) is 4.50. The summed E-state index contributed by atoms with van der Waals surface area (Å²) in [6.45, 7) is 9.26. The van der Waals surface area contributed by atoms with Crippen LogP contribution in [0.3, 0.4) is 0 Å². The topological polar surface area (TPSA) is 92.8 Å². The SMILES string of the molecule is C[C@H]1C[C@@H](C(=O)OC(C)(C)C)CCN1c1ncnn2c(C3CC(C#N)CCO3)cc(C3CC3)c12. The van der Waals surface area contributed by atoms with E-state index in [0.29, 0.717) is 18.9 Å². The summed E-state index contributed by atoms with van der Waals surface area (Å²) < 4.78 is 13.8. The van der Waals surface area contributed by atoms with E-state index in [-0.39, 0.29) is 30.0 Å². The summed E-state index contributed by atoms with van der Waals surface area (Å²) >= 11 is 0. The molecule has 0 radical (unpaired) electrons. The van der Waals surface area contributed by atoms with Crippen molar-refractivity contribution in [1.82, 2.24) is 14.6 Å². The zero-order valence-electron chi connectivity index (χ0n) is 20.7. The summed E-state index contributed by atoms with van der Waals surface area (Å²) in [6, 6.07) is 4.82. The maximum absolute atomic E-state index is 12.7. The smallest absolute Gasteiger partial charge is 0.309 e. The van der Waals surface area contributed by atoms with E-state index < -0.39 is 5.60 Å². The number of piperidine rings is 1. The molecule has 0 aromatic carbocycles. The van der Waals surface area contributed by atoms with E-state index in [1.54, 1.807) is 6.33 Å². The largest absolute Gasteiger partial charge is 0.460 e. The molecule has 2 aliphatic heterocycles. The summed E-state index contributed by atoms with van der Waals surface area (Å²) in [7, 11) is 0. The summed E-state index contributed by atoms with van der Waals surface area (Å²) in [6.07, 6.45) is 6.83. The van der Waals surface area contributed by atoms with Crippen LogP contribution in [0.2, 0.25) is 0 Å². The van der Waals surface area contributed by atoms with Gasteiger partial charge < -0.3 is 14.4 Å². The van der Waals surface area contributed by atoms with Gasteiger partial charge in [0, 0.05) is 19.2 Å². The Kier molecular flexibility index (Phi) is 6.01. The van der Waals surface area contributed by atoms with Gasteiger partial charge in [-0.15, -0.1) is 0 Å². The number of carbonyl (C=O) groups excluding carboxylic acids is 1. The normalized spacial score (nSPS) is 28.0. The minimum Gasteiger partial charge on any atom is -0.460 e. The molecular formula is C26H35N5O3. The minimum atomic E-state index is -0.469. The third-order valence-corrected chi connectivity index (χ3v) is 7.29. The van der Waals surface area contributed by atoms with Crippen LogP contribution >= 0.6 is 0 Å². The van der Waals surface area contributed by atoms with Gasteiger partial charge in [-0.1, -0.05) is 0 Å². The fourth-order valence-corrected chi connectivity index (χ4v) is 5.43. The van der Waals surface area contributed by atoms with Gasteiger partial charge >= 0.3 is 5.97 Å². The monoisotopic (exact) mass is 465 g/mol. The average molecular weight is 466 g/mol. The van der Waals surface area contributed by atoms with E-state index in [0.717, 1.165) is 42.8 Å². The van der Waals surface area contributed by atoms with E-state index in [4.69, 9.17) is 14.5 Å². The standard InChI is InChI=1S/C26H35N5O3/c1-16-11-19(25(32)34-26(2,3)4)7-9-30(16)24-23-20(18-5-6-18)13-21(31(23)29-15-28-24)22-12-17(14-27)8-10-33-22/h13,15-19,22H,5-12H2,1-4H3/t16-,17?,19-,22?/m0/s1. The van der Waals surface area contributed by atoms with Crippen LogP contribution in [0.5, 0.6) is 0 Å². The number of nitrogens with zero attached hydrogens (tertiary/aromatic N) is 5. The second-order valence-electron chi connectivity index (χ2n) is 11.1. The Hall–Kier alpha value is -2.66. The van der Waals surface area contributed by atoms with Crippen LogP contribution in [0.1, 0.15) is 89.5 Å². The van der Waals surface area contributed by atoms with E-state index in [9.17, 15) is 10.1 Å². The molecule has 8 heteroatoms. The summed E-state index contributed by atoms with van der Waals surface area (Å²) in [5.74, 6) is 1.29. The van der Waals surface area contributed by atoms with Gasteiger partial charge in [0.25, 0.3) is 0 Å². The first-order chi connectivity index (χ1) is 16.2. The van der Waals surface area contributed by atoms with Gasteiger partial charge in [-0.3, -0.25) is 4.79 Å². The highest BCUT2D eigenvalue weighted by molar-refractivity contribution is 5.77. The number of hydrogen-bond donors (Lipinski definition) is 0. The third-order valence-electron chi connectivity index (χ3n) is 7.29. The maximum atomic E-state index is 12.7. The molecule has 2 aromatic heterocycles. The van der Waals surface area contributed by atoms with Gasteiger partial charge in [0.15, 0.2) is 5.82 Å². The molecule has 34 heavy (non-hydrogen) atoms. The molecule has 2 unspecified atom stereocenters. The Morgan fingerprint density at radius 2 is 2.03 bits per heavy atom. The van der Waals surface area contributed by atoms with Gasteiger partial charge in [-0.25, -0.2) is 9.50 Å². The van der Waals surface area contributed by atoms with Crippen molar-refractivity contribution in [3.8, 4) is 6.07 Å². The van der Waals surface area contributed by atoms with Crippen LogP contribution in [-0.4, -0.2) is 45.4 Å². The minimum absolute atomic E-state index is 0.0156. The van der Waals surface area contributed by atoms with Crippen molar-refractivity contribution in [2.45, 2.75) is 89.9 Å². The van der Waals surface area contributed by atoms with Gasteiger partial charge in [0.05, 0.1) is 23.6 Å². The molecular weight excluding hydrogens is 430 g/mol. The van der Waals surface area contributed by atoms with Gasteiger partial charge in [-0.2, -0.15) is 10.4 Å². The number of esters is 1. The van der Waals surface area contributed by atoms with Crippen LogP contribution in [0.4, 0.5) is 5.82 Å². The lowest BCUT2D eigenvalue weighted by Gasteiger charge is -2.38. The van der Waals surface area contributed by atoms with Crippen molar-refractivity contribution < 1.29 is 14.3 Å². The number of nitriles is 1. The molecule has 8 nitrogen and oxygen atoms in total. The summed E-state index contributed by atoms with van der Waals surface area (Å²) in [5, 5.41) is 14.1. The Balaban J connectivity index is 1.45. The fraction of sp³-hybridized carbons (Fsp3) is 0.692. The van der Waals surface area contributed by atoms with Crippen LogP contribution < -0.4 is 4.90 Å². The highest BCUT2D eigenvalue weighted by Crippen LogP contribution is 2.47. The number of rotatable bonds is 4. The van der Waals surface area contributed by atoms with Crippen molar-refractivity contribution in [3.63, 3.8) is 0 Å². The second-order valence-corrected chi connectivity index (χ2v) is 11.1. The number of ether oxygens (including phenoxy) is 2. The molecule has 2 aromatic rings.